The average Bonchev–Trinajstić information content (AvgIpc) is 2.66. The summed E-state index contributed by atoms with van der Waals surface area (Å²) in [6.07, 6.45) is 0. The van der Waals surface area contributed by atoms with E-state index in [-0.39, 0.29) is 18.2 Å². The Morgan fingerprint density at radius 2 is 1.56 bits per heavy atom. The highest BCUT2D eigenvalue weighted by molar-refractivity contribution is 6.10. The van der Waals surface area contributed by atoms with Crippen LogP contribution in [0.15, 0.2) is 54.6 Å². The highest BCUT2D eigenvalue weighted by Gasteiger charge is 2.42. The summed E-state index contributed by atoms with van der Waals surface area (Å²) in [5, 5.41) is 0. The Morgan fingerprint density at radius 1 is 0.963 bits per heavy atom. The standard InChI is InChI=1S/C22H23FO4/c1-4-27-22(26)19(20(24)14(2)3)18(15-10-12-17(23)13-11-15)21(25)16-8-6-5-7-9-16/h5-14,18-19H,4H2,1-3H3. The Hall–Kier alpha value is -2.82. The van der Waals surface area contributed by atoms with Crippen molar-refractivity contribution in [2.75, 3.05) is 6.61 Å². The fourth-order valence-corrected chi connectivity index (χ4v) is 2.95. The highest BCUT2D eigenvalue weighted by atomic mass is 19.1. The van der Waals surface area contributed by atoms with Crippen LogP contribution >= 0.6 is 0 Å². The van der Waals surface area contributed by atoms with Gasteiger partial charge in [0.2, 0.25) is 0 Å². The van der Waals surface area contributed by atoms with E-state index < -0.39 is 29.5 Å². The van der Waals surface area contributed by atoms with Crippen LogP contribution in [0.2, 0.25) is 0 Å². The third-order valence-electron chi connectivity index (χ3n) is 4.32. The van der Waals surface area contributed by atoms with Gasteiger partial charge in [-0.1, -0.05) is 56.3 Å². The molecule has 0 radical (unpaired) electrons. The van der Waals surface area contributed by atoms with Gasteiger partial charge in [0.25, 0.3) is 0 Å². The van der Waals surface area contributed by atoms with E-state index in [2.05, 4.69) is 0 Å². The summed E-state index contributed by atoms with van der Waals surface area (Å²) in [6.45, 7) is 5.07. The molecule has 0 aromatic heterocycles. The first-order valence-electron chi connectivity index (χ1n) is 8.91. The molecule has 2 aromatic carbocycles. The van der Waals surface area contributed by atoms with Crippen LogP contribution in [0.25, 0.3) is 0 Å². The van der Waals surface area contributed by atoms with Gasteiger partial charge in [0.1, 0.15) is 11.7 Å². The summed E-state index contributed by atoms with van der Waals surface area (Å²) in [5.41, 5.74) is 0.773. The monoisotopic (exact) mass is 370 g/mol. The predicted octanol–water partition coefficient (Wildman–Crippen LogP) is 4.20. The first kappa shape index (κ1) is 20.5. The number of carbonyl (C=O) groups excluding carboxylic acids is 3. The molecule has 27 heavy (non-hydrogen) atoms. The zero-order valence-electron chi connectivity index (χ0n) is 15.6. The molecule has 0 N–H and O–H groups in total. The molecule has 0 aliphatic rings. The molecule has 0 saturated carbocycles. The summed E-state index contributed by atoms with van der Waals surface area (Å²) in [6, 6.07) is 13.7. The van der Waals surface area contributed by atoms with Crippen LogP contribution in [0.3, 0.4) is 0 Å². The second-order valence-electron chi connectivity index (χ2n) is 6.55. The maximum Gasteiger partial charge on any atom is 0.317 e. The van der Waals surface area contributed by atoms with Crippen LogP contribution < -0.4 is 0 Å². The molecule has 0 aliphatic heterocycles. The Labute approximate surface area is 158 Å². The smallest absolute Gasteiger partial charge is 0.317 e. The van der Waals surface area contributed by atoms with Crippen molar-refractivity contribution >= 4 is 17.5 Å². The number of benzene rings is 2. The average molecular weight is 370 g/mol. The minimum atomic E-state index is -1.29. The van der Waals surface area contributed by atoms with E-state index in [1.165, 1.54) is 24.3 Å². The first-order valence-corrected chi connectivity index (χ1v) is 8.91. The minimum absolute atomic E-state index is 0.0936. The zero-order valence-corrected chi connectivity index (χ0v) is 15.6. The van der Waals surface area contributed by atoms with Gasteiger partial charge < -0.3 is 4.74 Å². The van der Waals surface area contributed by atoms with Crippen molar-refractivity contribution in [1.82, 2.24) is 0 Å². The molecule has 0 saturated heterocycles. The molecular formula is C22H23FO4. The second kappa shape index (κ2) is 9.21. The van der Waals surface area contributed by atoms with E-state index >= 15 is 0 Å². The lowest BCUT2D eigenvalue weighted by molar-refractivity contribution is -0.153. The van der Waals surface area contributed by atoms with E-state index in [1.807, 2.05) is 0 Å². The number of ketones is 2. The molecule has 2 unspecified atom stereocenters. The molecule has 0 bridgehead atoms. The number of carbonyl (C=O) groups is 3. The van der Waals surface area contributed by atoms with Crippen molar-refractivity contribution in [2.24, 2.45) is 11.8 Å². The van der Waals surface area contributed by atoms with Crippen molar-refractivity contribution in [1.29, 1.82) is 0 Å². The lowest BCUT2D eigenvalue weighted by Crippen LogP contribution is -2.38. The number of halogens is 1. The predicted molar refractivity (Wildman–Crippen MR) is 99.9 cm³/mol. The SMILES string of the molecule is CCOC(=O)C(C(=O)C(C)C)C(C(=O)c1ccccc1)c1ccc(F)cc1. The Morgan fingerprint density at radius 3 is 2.07 bits per heavy atom. The van der Waals surface area contributed by atoms with Gasteiger partial charge in [-0.25, -0.2) is 4.39 Å². The minimum Gasteiger partial charge on any atom is -0.465 e. The quantitative estimate of drug-likeness (QED) is 0.397. The lowest BCUT2D eigenvalue weighted by Gasteiger charge is -2.25. The van der Waals surface area contributed by atoms with Crippen molar-refractivity contribution in [3.8, 4) is 0 Å². The van der Waals surface area contributed by atoms with Gasteiger partial charge in [0, 0.05) is 11.5 Å². The summed E-state index contributed by atoms with van der Waals surface area (Å²) in [4.78, 5) is 38.7. The fraction of sp³-hybridized carbons (Fsp3) is 0.318. The summed E-state index contributed by atoms with van der Waals surface area (Å²) >= 11 is 0. The van der Waals surface area contributed by atoms with E-state index in [0.29, 0.717) is 11.1 Å². The number of hydrogen-bond donors (Lipinski definition) is 0. The molecule has 0 heterocycles. The molecule has 2 aromatic rings. The highest BCUT2D eigenvalue weighted by Crippen LogP contribution is 2.32. The molecule has 0 aliphatic carbocycles. The van der Waals surface area contributed by atoms with Crippen LogP contribution in [0, 0.1) is 17.7 Å². The van der Waals surface area contributed by atoms with Crippen molar-refractivity contribution in [3.05, 3.63) is 71.5 Å². The number of rotatable bonds is 8. The van der Waals surface area contributed by atoms with E-state index in [9.17, 15) is 18.8 Å². The largest absolute Gasteiger partial charge is 0.465 e. The molecule has 0 amide bonds. The number of Topliss-reactive ketones (excluding diaryl/α,β-unsaturated/α-hetero) is 2. The molecule has 5 heteroatoms. The van der Waals surface area contributed by atoms with E-state index in [4.69, 9.17) is 4.74 Å². The first-order chi connectivity index (χ1) is 12.9. The third-order valence-corrected chi connectivity index (χ3v) is 4.32. The topological polar surface area (TPSA) is 60.4 Å². The normalized spacial score (nSPS) is 13.1. The molecular weight excluding hydrogens is 347 g/mol. The van der Waals surface area contributed by atoms with Gasteiger partial charge in [0.15, 0.2) is 11.6 Å². The van der Waals surface area contributed by atoms with E-state index in [0.717, 1.165) is 0 Å². The number of hydrogen-bond acceptors (Lipinski definition) is 4. The number of ether oxygens (including phenoxy) is 1. The summed E-state index contributed by atoms with van der Waals surface area (Å²) < 4.78 is 18.5. The fourth-order valence-electron chi connectivity index (χ4n) is 2.95. The third kappa shape index (κ3) is 4.88. The van der Waals surface area contributed by atoms with Gasteiger partial charge in [0.05, 0.1) is 12.5 Å². The van der Waals surface area contributed by atoms with Crippen LogP contribution in [-0.4, -0.2) is 24.1 Å². The molecule has 0 spiro atoms. The van der Waals surface area contributed by atoms with Gasteiger partial charge >= 0.3 is 5.97 Å². The molecule has 4 nitrogen and oxygen atoms in total. The zero-order chi connectivity index (χ0) is 20.0. The van der Waals surface area contributed by atoms with E-state index in [1.54, 1.807) is 51.1 Å². The lowest BCUT2D eigenvalue weighted by atomic mass is 9.76. The van der Waals surface area contributed by atoms with Gasteiger partial charge in [-0.3, -0.25) is 14.4 Å². The number of esters is 1. The molecule has 0 fully saturated rings. The molecule has 2 rings (SSSR count). The van der Waals surface area contributed by atoms with Gasteiger partial charge in [-0.2, -0.15) is 0 Å². The van der Waals surface area contributed by atoms with Crippen molar-refractivity contribution < 1.29 is 23.5 Å². The molecule has 142 valence electrons. The Balaban J connectivity index is 2.60. The van der Waals surface area contributed by atoms with Crippen LogP contribution in [0.4, 0.5) is 4.39 Å². The van der Waals surface area contributed by atoms with Crippen molar-refractivity contribution in [3.63, 3.8) is 0 Å². The van der Waals surface area contributed by atoms with Crippen LogP contribution in [0.1, 0.15) is 42.6 Å². The summed E-state index contributed by atoms with van der Waals surface area (Å²) in [5.74, 6) is -4.81. The van der Waals surface area contributed by atoms with Crippen LogP contribution in [0.5, 0.6) is 0 Å². The second-order valence-corrected chi connectivity index (χ2v) is 6.55. The molecule has 2 atom stereocenters. The summed E-state index contributed by atoms with van der Waals surface area (Å²) in [7, 11) is 0. The van der Waals surface area contributed by atoms with Crippen molar-refractivity contribution in [2.45, 2.75) is 26.7 Å². The maximum absolute atomic E-state index is 13.4. The van der Waals surface area contributed by atoms with Gasteiger partial charge in [-0.05, 0) is 24.6 Å². The van der Waals surface area contributed by atoms with Gasteiger partial charge in [-0.15, -0.1) is 0 Å². The Kier molecular flexibility index (Phi) is 6.99. The maximum atomic E-state index is 13.4. The Bertz CT molecular complexity index is 797. The van der Waals surface area contributed by atoms with Crippen LogP contribution in [-0.2, 0) is 14.3 Å².